The van der Waals surface area contributed by atoms with Gasteiger partial charge in [-0.15, -0.1) is 0 Å². The molecule has 1 aliphatic heterocycles. The second-order valence-corrected chi connectivity index (χ2v) is 5.06. The maximum Gasteiger partial charge on any atom is 0.222 e. The van der Waals surface area contributed by atoms with Gasteiger partial charge in [-0.1, -0.05) is 17.7 Å². The molecule has 1 amide bonds. The number of benzene rings is 1. The Balaban J connectivity index is 2.06. The standard InChI is InChI=1S/C14H16ClN3O/c1-17(8-9-18-7-3-6-13(18)19)14-11(10-16)4-2-5-12(14)15/h2,4-5H,3,6-9H2,1H3. The molecule has 0 spiro atoms. The summed E-state index contributed by atoms with van der Waals surface area (Å²) in [6.45, 7) is 2.18. The van der Waals surface area contributed by atoms with E-state index in [1.807, 2.05) is 16.8 Å². The van der Waals surface area contributed by atoms with E-state index >= 15 is 0 Å². The zero-order chi connectivity index (χ0) is 13.8. The summed E-state index contributed by atoms with van der Waals surface area (Å²) in [7, 11) is 1.89. The van der Waals surface area contributed by atoms with Crippen molar-refractivity contribution >= 4 is 23.2 Å². The van der Waals surface area contributed by atoms with Crippen LogP contribution in [0.5, 0.6) is 0 Å². The van der Waals surface area contributed by atoms with Gasteiger partial charge < -0.3 is 9.80 Å². The Morgan fingerprint density at radius 3 is 2.95 bits per heavy atom. The molecular formula is C14H16ClN3O. The number of hydrogen-bond acceptors (Lipinski definition) is 3. The van der Waals surface area contributed by atoms with Crippen molar-refractivity contribution in [2.75, 3.05) is 31.6 Å². The monoisotopic (exact) mass is 277 g/mol. The van der Waals surface area contributed by atoms with Crippen LogP contribution in [0.2, 0.25) is 5.02 Å². The number of likely N-dealkylation sites (tertiary alicyclic amines) is 1. The molecule has 19 heavy (non-hydrogen) atoms. The normalized spacial score (nSPS) is 14.6. The zero-order valence-corrected chi connectivity index (χ0v) is 11.7. The van der Waals surface area contributed by atoms with Crippen LogP contribution in [0.1, 0.15) is 18.4 Å². The van der Waals surface area contributed by atoms with Crippen LogP contribution in [0.25, 0.3) is 0 Å². The van der Waals surface area contributed by atoms with Crippen molar-refractivity contribution in [2.24, 2.45) is 0 Å². The smallest absolute Gasteiger partial charge is 0.222 e. The highest BCUT2D eigenvalue weighted by atomic mass is 35.5. The highest BCUT2D eigenvalue weighted by molar-refractivity contribution is 6.33. The van der Waals surface area contributed by atoms with Crippen molar-refractivity contribution < 1.29 is 4.79 Å². The predicted octanol–water partition coefficient (Wildman–Crippen LogP) is 2.27. The molecule has 1 aromatic carbocycles. The van der Waals surface area contributed by atoms with Crippen molar-refractivity contribution in [3.05, 3.63) is 28.8 Å². The Hall–Kier alpha value is -1.73. The van der Waals surface area contributed by atoms with E-state index in [4.69, 9.17) is 16.9 Å². The number of likely N-dealkylation sites (N-methyl/N-ethyl adjacent to an activating group) is 1. The number of carbonyl (C=O) groups excluding carboxylic acids is 1. The Bertz CT molecular complexity index is 524. The van der Waals surface area contributed by atoms with Crippen LogP contribution >= 0.6 is 11.6 Å². The van der Waals surface area contributed by atoms with E-state index in [1.54, 1.807) is 18.2 Å². The SMILES string of the molecule is CN(CCN1CCCC1=O)c1c(Cl)cccc1C#N. The fourth-order valence-electron chi connectivity index (χ4n) is 2.32. The Morgan fingerprint density at radius 2 is 2.32 bits per heavy atom. The van der Waals surface area contributed by atoms with Gasteiger partial charge in [-0.05, 0) is 18.6 Å². The van der Waals surface area contributed by atoms with E-state index in [2.05, 4.69) is 6.07 Å². The first-order valence-electron chi connectivity index (χ1n) is 6.31. The molecule has 1 heterocycles. The molecule has 4 nitrogen and oxygen atoms in total. The molecule has 0 aromatic heterocycles. The van der Waals surface area contributed by atoms with Crippen LogP contribution in [-0.2, 0) is 4.79 Å². The van der Waals surface area contributed by atoms with E-state index in [1.165, 1.54) is 0 Å². The molecule has 1 fully saturated rings. The second-order valence-electron chi connectivity index (χ2n) is 4.65. The van der Waals surface area contributed by atoms with Gasteiger partial charge in [-0.3, -0.25) is 4.79 Å². The van der Waals surface area contributed by atoms with Crippen LogP contribution in [0.15, 0.2) is 18.2 Å². The maximum absolute atomic E-state index is 11.5. The highest BCUT2D eigenvalue weighted by Gasteiger charge is 2.20. The van der Waals surface area contributed by atoms with E-state index in [0.29, 0.717) is 30.1 Å². The summed E-state index contributed by atoms with van der Waals surface area (Å²) in [5.41, 5.74) is 1.29. The molecule has 0 saturated carbocycles. The molecule has 0 N–H and O–H groups in total. The lowest BCUT2D eigenvalue weighted by atomic mass is 10.2. The summed E-state index contributed by atoms with van der Waals surface area (Å²) < 4.78 is 0. The molecule has 1 aromatic rings. The number of nitrogens with zero attached hydrogens (tertiary/aromatic N) is 3. The van der Waals surface area contributed by atoms with Gasteiger partial charge in [0.15, 0.2) is 0 Å². The molecule has 0 radical (unpaired) electrons. The van der Waals surface area contributed by atoms with Crippen LogP contribution in [0, 0.1) is 11.3 Å². The number of hydrogen-bond donors (Lipinski definition) is 0. The molecular weight excluding hydrogens is 262 g/mol. The van der Waals surface area contributed by atoms with Crippen LogP contribution < -0.4 is 4.90 Å². The van der Waals surface area contributed by atoms with E-state index < -0.39 is 0 Å². The van der Waals surface area contributed by atoms with Crippen molar-refractivity contribution in [3.8, 4) is 6.07 Å². The number of amides is 1. The number of rotatable bonds is 4. The highest BCUT2D eigenvalue weighted by Crippen LogP contribution is 2.28. The lowest BCUT2D eigenvalue weighted by molar-refractivity contribution is -0.127. The fourth-order valence-corrected chi connectivity index (χ4v) is 2.64. The fraction of sp³-hybridized carbons (Fsp3) is 0.429. The second kappa shape index (κ2) is 5.94. The van der Waals surface area contributed by atoms with Gasteiger partial charge in [0.05, 0.1) is 16.3 Å². The molecule has 0 aliphatic carbocycles. The lowest BCUT2D eigenvalue weighted by Gasteiger charge is -2.24. The summed E-state index contributed by atoms with van der Waals surface area (Å²) in [6, 6.07) is 7.44. The summed E-state index contributed by atoms with van der Waals surface area (Å²) in [5.74, 6) is 0.216. The zero-order valence-electron chi connectivity index (χ0n) is 10.9. The van der Waals surface area contributed by atoms with Crippen molar-refractivity contribution in [2.45, 2.75) is 12.8 Å². The lowest BCUT2D eigenvalue weighted by Crippen LogP contribution is -2.34. The summed E-state index contributed by atoms with van der Waals surface area (Å²) in [4.78, 5) is 15.3. The largest absolute Gasteiger partial charge is 0.371 e. The molecule has 2 rings (SSSR count). The first-order valence-corrected chi connectivity index (χ1v) is 6.69. The van der Waals surface area contributed by atoms with E-state index in [9.17, 15) is 4.79 Å². The minimum Gasteiger partial charge on any atom is -0.371 e. The number of anilines is 1. The summed E-state index contributed by atoms with van der Waals surface area (Å²) >= 11 is 6.15. The third-order valence-corrected chi connectivity index (χ3v) is 3.67. The maximum atomic E-state index is 11.5. The van der Waals surface area contributed by atoms with Gasteiger partial charge in [0.2, 0.25) is 5.91 Å². The summed E-state index contributed by atoms with van der Waals surface area (Å²) in [6.07, 6.45) is 1.59. The minimum atomic E-state index is 0.216. The molecule has 0 atom stereocenters. The quantitative estimate of drug-likeness (QED) is 0.848. The molecule has 5 heteroatoms. The first-order chi connectivity index (χ1) is 9.13. The van der Waals surface area contributed by atoms with Gasteiger partial charge in [0.25, 0.3) is 0 Å². The number of carbonyl (C=O) groups is 1. The number of para-hydroxylation sites is 1. The van der Waals surface area contributed by atoms with Gasteiger partial charge in [0, 0.05) is 33.1 Å². The molecule has 1 saturated heterocycles. The Labute approximate surface area is 118 Å². The van der Waals surface area contributed by atoms with E-state index in [-0.39, 0.29) is 5.91 Å². The molecule has 0 bridgehead atoms. The third kappa shape index (κ3) is 2.99. The van der Waals surface area contributed by atoms with Gasteiger partial charge in [-0.2, -0.15) is 5.26 Å². The van der Waals surface area contributed by atoms with E-state index in [0.717, 1.165) is 18.7 Å². The van der Waals surface area contributed by atoms with Crippen molar-refractivity contribution in [3.63, 3.8) is 0 Å². The van der Waals surface area contributed by atoms with Crippen LogP contribution in [0.4, 0.5) is 5.69 Å². The number of nitriles is 1. The van der Waals surface area contributed by atoms with Gasteiger partial charge >= 0.3 is 0 Å². The Kier molecular flexibility index (Phi) is 4.28. The molecule has 1 aliphatic rings. The molecule has 100 valence electrons. The van der Waals surface area contributed by atoms with Crippen molar-refractivity contribution in [1.82, 2.24) is 4.90 Å². The minimum absolute atomic E-state index is 0.216. The van der Waals surface area contributed by atoms with Crippen LogP contribution in [-0.4, -0.2) is 37.5 Å². The average Bonchev–Trinajstić information content (AvgIpc) is 2.81. The average molecular weight is 278 g/mol. The van der Waals surface area contributed by atoms with Gasteiger partial charge in [0.1, 0.15) is 6.07 Å². The summed E-state index contributed by atoms with van der Waals surface area (Å²) in [5, 5.41) is 9.68. The topological polar surface area (TPSA) is 47.3 Å². The Morgan fingerprint density at radius 1 is 1.53 bits per heavy atom. The van der Waals surface area contributed by atoms with Gasteiger partial charge in [-0.25, -0.2) is 0 Å². The van der Waals surface area contributed by atoms with Crippen molar-refractivity contribution in [1.29, 1.82) is 5.26 Å². The number of halogens is 1. The van der Waals surface area contributed by atoms with Crippen LogP contribution in [0.3, 0.4) is 0 Å². The third-order valence-electron chi connectivity index (χ3n) is 3.37. The predicted molar refractivity (Wildman–Crippen MR) is 75.3 cm³/mol. The first kappa shape index (κ1) is 13.7. The molecule has 0 unspecified atom stereocenters.